The Morgan fingerprint density at radius 2 is 1.65 bits per heavy atom. The lowest BCUT2D eigenvalue weighted by molar-refractivity contribution is -0.139. The molecule has 34 heavy (non-hydrogen) atoms. The molecule has 0 aromatic heterocycles. The van der Waals surface area contributed by atoms with E-state index in [1.54, 1.807) is 0 Å². The molecule has 0 fully saturated rings. The number of carbonyl (C=O) groups excluding carboxylic acids is 1. The van der Waals surface area contributed by atoms with Crippen molar-refractivity contribution in [3.63, 3.8) is 0 Å². The lowest BCUT2D eigenvalue weighted by Gasteiger charge is -2.31. The number of unbranched alkanes of at least 4 members (excludes halogenated alkanes) is 4. The molecule has 4 rings (SSSR count). The van der Waals surface area contributed by atoms with Gasteiger partial charge in [0.2, 0.25) is 0 Å². The zero-order valence-electron chi connectivity index (χ0n) is 20.0. The third-order valence-electron chi connectivity index (χ3n) is 7.54. The van der Waals surface area contributed by atoms with Gasteiger partial charge in [0.25, 0.3) is 0 Å². The van der Waals surface area contributed by atoms with Crippen LogP contribution in [0.2, 0.25) is 0 Å². The molecule has 2 aliphatic rings. The van der Waals surface area contributed by atoms with E-state index in [2.05, 4.69) is 19.1 Å². The number of nitriles is 1. The first-order valence-corrected chi connectivity index (χ1v) is 12.7. The average molecular weight is 466 g/mol. The van der Waals surface area contributed by atoms with Gasteiger partial charge in [0.05, 0.1) is 5.92 Å². The normalized spacial score (nSPS) is 19.1. The second-order valence-electron chi connectivity index (χ2n) is 9.89. The van der Waals surface area contributed by atoms with Crippen molar-refractivity contribution in [2.45, 2.75) is 84.0 Å². The Balaban J connectivity index is 1.37. The van der Waals surface area contributed by atoms with Crippen molar-refractivity contribution in [3.8, 4) is 11.8 Å². The van der Waals surface area contributed by atoms with E-state index in [4.69, 9.17) is 10.00 Å². The molecule has 0 radical (unpaired) electrons. The fraction of sp³-hybridized carbons (Fsp3) is 0.517. The zero-order chi connectivity index (χ0) is 24.1. The van der Waals surface area contributed by atoms with Crippen LogP contribution in [0.3, 0.4) is 0 Å². The van der Waals surface area contributed by atoms with Crippen LogP contribution in [0.5, 0.6) is 5.75 Å². The Morgan fingerprint density at radius 1 is 1.00 bits per heavy atom. The summed E-state index contributed by atoms with van der Waals surface area (Å²) in [5.74, 6) is -2.28. The van der Waals surface area contributed by atoms with Gasteiger partial charge in [-0.25, -0.2) is 8.78 Å². The molecule has 0 saturated carbocycles. The maximum absolute atomic E-state index is 13.9. The molecular formula is C29H33F2NO2. The number of rotatable bonds is 8. The number of hydrogen-bond donors (Lipinski definition) is 0. The molecule has 0 spiro atoms. The minimum Gasteiger partial charge on any atom is -0.426 e. The van der Waals surface area contributed by atoms with E-state index < -0.39 is 23.2 Å². The Labute approximate surface area is 201 Å². The molecule has 0 amide bonds. The number of halogens is 2. The topological polar surface area (TPSA) is 50.1 Å². The van der Waals surface area contributed by atoms with Crippen LogP contribution >= 0.6 is 0 Å². The SMILES string of the molecule is CCCCCCCC1CCc2c(ccc3c2CCC(C(=O)Oc2cc(F)c(C#N)c(F)c2)C3)C1. The van der Waals surface area contributed by atoms with Crippen LogP contribution in [0.15, 0.2) is 24.3 Å². The highest BCUT2D eigenvalue weighted by Gasteiger charge is 2.30. The summed E-state index contributed by atoms with van der Waals surface area (Å²) >= 11 is 0. The number of nitrogens with zero attached hydrogens (tertiary/aromatic N) is 1. The van der Waals surface area contributed by atoms with Crippen LogP contribution in [0.25, 0.3) is 0 Å². The number of benzene rings is 2. The third-order valence-corrected chi connectivity index (χ3v) is 7.54. The third kappa shape index (κ3) is 5.49. The summed E-state index contributed by atoms with van der Waals surface area (Å²) in [5.41, 5.74) is 4.89. The molecule has 2 unspecified atom stereocenters. The maximum atomic E-state index is 13.9. The number of carbonyl (C=O) groups is 1. The van der Waals surface area contributed by atoms with Crippen LogP contribution in [0.1, 0.15) is 86.1 Å². The second-order valence-corrected chi connectivity index (χ2v) is 9.89. The monoisotopic (exact) mass is 465 g/mol. The Morgan fingerprint density at radius 3 is 2.32 bits per heavy atom. The Bertz CT molecular complexity index is 1070. The highest BCUT2D eigenvalue weighted by Crippen LogP contribution is 2.37. The van der Waals surface area contributed by atoms with Crippen LogP contribution in [-0.4, -0.2) is 5.97 Å². The van der Waals surface area contributed by atoms with Crippen molar-refractivity contribution < 1.29 is 18.3 Å². The summed E-state index contributed by atoms with van der Waals surface area (Å²) < 4.78 is 33.0. The molecule has 5 heteroatoms. The van der Waals surface area contributed by atoms with E-state index >= 15 is 0 Å². The molecule has 0 heterocycles. The number of ether oxygens (including phenoxy) is 1. The quantitative estimate of drug-likeness (QED) is 0.239. The molecular weight excluding hydrogens is 432 g/mol. The average Bonchev–Trinajstić information content (AvgIpc) is 2.83. The van der Waals surface area contributed by atoms with Gasteiger partial charge < -0.3 is 4.74 Å². The van der Waals surface area contributed by atoms with Crippen molar-refractivity contribution >= 4 is 5.97 Å². The second kappa shape index (κ2) is 11.1. The molecule has 0 saturated heterocycles. The lowest BCUT2D eigenvalue weighted by atomic mass is 9.74. The highest BCUT2D eigenvalue weighted by atomic mass is 19.1. The minimum atomic E-state index is -1.02. The Kier molecular flexibility index (Phi) is 7.98. The van der Waals surface area contributed by atoms with Crippen LogP contribution in [0, 0.1) is 34.8 Å². The Hall–Kier alpha value is -2.74. The van der Waals surface area contributed by atoms with Gasteiger partial charge in [-0.05, 0) is 66.7 Å². The number of esters is 1. The van der Waals surface area contributed by atoms with E-state index in [9.17, 15) is 13.6 Å². The fourth-order valence-corrected chi connectivity index (χ4v) is 5.64. The van der Waals surface area contributed by atoms with E-state index in [1.807, 2.05) is 0 Å². The van der Waals surface area contributed by atoms with Crippen LogP contribution < -0.4 is 4.74 Å². The van der Waals surface area contributed by atoms with Gasteiger partial charge in [-0.15, -0.1) is 0 Å². The molecule has 2 aromatic carbocycles. The van der Waals surface area contributed by atoms with Gasteiger partial charge in [0.1, 0.15) is 29.0 Å². The van der Waals surface area contributed by atoms with Crippen molar-refractivity contribution in [1.82, 2.24) is 0 Å². The molecule has 0 bridgehead atoms. The van der Waals surface area contributed by atoms with Gasteiger partial charge in [-0.2, -0.15) is 5.26 Å². The van der Waals surface area contributed by atoms with Gasteiger partial charge in [0.15, 0.2) is 0 Å². The number of fused-ring (bicyclic) bond motifs is 3. The van der Waals surface area contributed by atoms with Gasteiger partial charge in [-0.1, -0.05) is 57.6 Å². The first-order chi connectivity index (χ1) is 16.5. The fourth-order valence-electron chi connectivity index (χ4n) is 5.64. The van der Waals surface area contributed by atoms with Gasteiger partial charge >= 0.3 is 5.97 Å². The predicted molar refractivity (Wildman–Crippen MR) is 128 cm³/mol. The summed E-state index contributed by atoms with van der Waals surface area (Å²) in [5, 5.41) is 8.80. The zero-order valence-corrected chi connectivity index (χ0v) is 20.0. The molecule has 0 N–H and O–H groups in total. The molecule has 3 nitrogen and oxygen atoms in total. The smallest absolute Gasteiger partial charge is 0.314 e. The molecule has 180 valence electrons. The van der Waals surface area contributed by atoms with Crippen molar-refractivity contribution in [1.29, 1.82) is 5.26 Å². The summed E-state index contributed by atoms with van der Waals surface area (Å²) in [6.45, 7) is 2.25. The summed E-state index contributed by atoms with van der Waals surface area (Å²) in [6.07, 6.45) is 13.6. The molecule has 2 atom stereocenters. The van der Waals surface area contributed by atoms with E-state index in [1.165, 1.54) is 73.3 Å². The standard InChI is InChI=1S/C29H33F2NO2/c1-2-3-4-5-6-7-19-8-12-24-20(14-19)9-10-21-15-22(11-13-25(21)24)29(33)34-23-16-27(30)26(18-32)28(31)17-23/h9-10,16-17,19,22H,2-8,11-15H2,1H3. The molecule has 0 aliphatic heterocycles. The molecule has 2 aromatic rings. The van der Waals surface area contributed by atoms with Crippen molar-refractivity contribution in [3.05, 3.63) is 63.7 Å². The van der Waals surface area contributed by atoms with Crippen LogP contribution in [0.4, 0.5) is 8.78 Å². The summed E-state index contributed by atoms with van der Waals surface area (Å²) in [6, 6.07) is 7.68. The van der Waals surface area contributed by atoms with Crippen LogP contribution in [-0.2, 0) is 30.5 Å². The first kappa shape index (κ1) is 24.4. The van der Waals surface area contributed by atoms with E-state index in [0.717, 1.165) is 37.3 Å². The van der Waals surface area contributed by atoms with Gasteiger partial charge in [0, 0.05) is 12.1 Å². The van der Waals surface area contributed by atoms with Crippen molar-refractivity contribution in [2.24, 2.45) is 11.8 Å². The summed E-state index contributed by atoms with van der Waals surface area (Å²) in [7, 11) is 0. The van der Waals surface area contributed by atoms with Crippen molar-refractivity contribution in [2.75, 3.05) is 0 Å². The lowest BCUT2D eigenvalue weighted by Crippen LogP contribution is -2.28. The predicted octanol–water partition coefficient (Wildman–Crippen LogP) is 7.01. The largest absolute Gasteiger partial charge is 0.426 e. The van der Waals surface area contributed by atoms with E-state index in [-0.39, 0.29) is 11.7 Å². The first-order valence-electron chi connectivity index (χ1n) is 12.7. The molecule has 2 aliphatic carbocycles. The minimum absolute atomic E-state index is 0.198. The maximum Gasteiger partial charge on any atom is 0.314 e. The number of hydrogen-bond acceptors (Lipinski definition) is 3. The van der Waals surface area contributed by atoms with Gasteiger partial charge in [-0.3, -0.25) is 4.79 Å². The highest BCUT2D eigenvalue weighted by molar-refractivity contribution is 5.76. The summed E-state index contributed by atoms with van der Waals surface area (Å²) in [4.78, 5) is 12.7. The van der Waals surface area contributed by atoms with E-state index in [0.29, 0.717) is 12.8 Å².